The number of benzene rings is 3. The quantitative estimate of drug-likeness (QED) is 0.100. The molecule has 0 amide bonds. The van der Waals surface area contributed by atoms with Gasteiger partial charge in [-0.1, -0.05) is 29.8 Å². The fourth-order valence-corrected chi connectivity index (χ4v) is 4.65. The molecule has 2 aromatic heterocycles. The van der Waals surface area contributed by atoms with Gasteiger partial charge in [-0.05, 0) is 74.4 Å². The Morgan fingerprint density at radius 3 is 2.71 bits per heavy atom. The maximum Gasteiger partial charge on any atom is 0.344 e. The van der Waals surface area contributed by atoms with E-state index >= 15 is 0 Å². The van der Waals surface area contributed by atoms with Gasteiger partial charge in [0.2, 0.25) is 5.82 Å². The fourth-order valence-electron chi connectivity index (χ4n) is 4.46. The highest BCUT2D eigenvalue weighted by atomic mass is 35.5. The van der Waals surface area contributed by atoms with Gasteiger partial charge in [-0.2, -0.15) is 9.78 Å². The lowest BCUT2D eigenvalue weighted by Crippen LogP contribution is -2.20. The third-order valence-corrected chi connectivity index (χ3v) is 6.47. The molecule has 0 radical (unpaired) electrons. The molecule has 0 bridgehead atoms. The number of nitrogens with zero attached hydrogens (tertiary/aromatic N) is 3. The monoisotopic (exact) mass is 585 g/mol. The standard InChI is InChI=1S/C32H28ClN3O6/c1-4-9-21-14-20(15-27(39-5-2)30(21)41-19-29(37)40-6-3)18-34-36-31(35-25-11-8-7-10-24(25)32(36)38)28-17-22-16-23(33)12-13-26(22)42-28/h4,7-8,10-18H,1,5-6,9,19H2,2-3H3. The molecule has 10 heteroatoms. The summed E-state index contributed by atoms with van der Waals surface area (Å²) < 4.78 is 23.9. The van der Waals surface area contributed by atoms with Crippen molar-refractivity contribution in [2.24, 2.45) is 5.10 Å². The van der Waals surface area contributed by atoms with E-state index in [0.717, 1.165) is 10.9 Å². The van der Waals surface area contributed by atoms with Gasteiger partial charge in [0, 0.05) is 16.0 Å². The minimum atomic E-state index is -0.487. The number of para-hydroxylation sites is 1. The molecule has 9 nitrogen and oxygen atoms in total. The maximum atomic E-state index is 13.7. The van der Waals surface area contributed by atoms with Gasteiger partial charge in [-0.25, -0.2) is 9.78 Å². The molecule has 0 aliphatic carbocycles. The summed E-state index contributed by atoms with van der Waals surface area (Å²) in [6.45, 7) is 7.75. The molecule has 0 N–H and O–H groups in total. The molecule has 2 heterocycles. The number of carbonyl (C=O) groups is 1. The number of esters is 1. The molecule has 42 heavy (non-hydrogen) atoms. The van der Waals surface area contributed by atoms with Crippen molar-refractivity contribution in [2.45, 2.75) is 20.3 Å². The zero-order valence-electron chi connectivity index (χ0n) is 23.1. The van der Waals surface area contributed by atoms with Gasteiger partial charge in [-0.15, -0.1) is 6.58 Å². The number of aromatic nitrogens is 2. The number of hydrogen-bond donors (Lipinski definition) is 0. The zero-order valence-corrected chi connectivity index (χ0v) is 23.9. The van der Waals surface area contributed by atoms with Crippen molar-refractivity contribution in [3.8, 4) is 23.1 Å². The van der Waals surface area contributed by atoms with Crippen LogP contribution in [0.3, 0.4) is 0 Å². The molecule has 5 rings (SSSR count). The summed E-state index contributed by atoms with van der Waals surface area (Å²) in [6, 6.07) is 17.6. The second-order valence-electron chi connectivity index (χ2n) is 9.13. The summed E-state index contributed by atoms with van der Waals surface area (Å²) in [5.74, 6) is 0.929. The van der Waals surface area contributed by atoms with Crippen molar-refractivity contribution in [3.63, 3.8) is 0 Å². The van der Waals surface area contributed by atoms with Gasteiger partial charge in [0.15, 0.2) is 23.9 Å². The highest BCUT2D eigenvalue weighted by Crippen LogP contribution is 2.34. The molecule has 3 aromatic carbocycles. The minimum absolute atomic E-state index is 0.230. The number of furan rings is 1. The van der Waals surface area contributed by atoms with Crippen molar-refractivity contribution in [3.05, 3.63) is 99.8 Å². The van der Waals surface area contributed by atoms with E-state index < -0.39 is 5.97 Å². The lowest BCUT2D eigenvalue weighted by atomic mass is 10.1. The maximum absolute atomic E-state index is 13.7. The average Bonchev–Trinajstić information content (AvgIpc) is 3.40. The Labute approximate surface area is 246 Å². The van der Waals surface area contributed by atoms with Gasteiger partial charge in [0.1, 0.15) is 5.58 Å². The van der Waals surface area contributed by atoms with Gasteiger partial charge in [0.05, 0.1) is 30.3 Å². The molecule has 214 valence electrons. The van der Waals surface area contributed by atoms with E-state index in [4.69, 9.17) is 35.2 Å². The first kappa shape index (κ1) is 28.6. The van der Waals surface area contributed by atoms with Gasteiger partial charge >= 0.3 is 5.97 Å². The lowest BCUT2D eigenvalue weighted by molar-refractivity contribution is -0.145. The predicted octanol–water partition coefficient (Wildman–Crippen LogP) is 6.41. The normalized spacial score (nSPS) is 11.3. The smallest absolute Gasteiger partial charge is 0.344 e. The summed E-state index contributed by atoms with van der Waals surface area (Å²) in [7, 11) is 0. The van der Waals surface area contributed by atoms with Crippen LogP contribution in [0, 0.1) is 0 Å². The van der Waals surface area contributed by atoms with Gasteiger partial charge < -0.3 is 18.6 Å². The number of carbonyl (C=O) groups excluding carboxylic acids is 1. The molecule has 0 spiro atoms. The number of hydrogen-bond acceptors (Lipinski definition) is 8. The van der Waals surface area contributed by atoms with E-state index in [0.29, 0.717) is 57.4 Å². The molecule has 0 unspecified atom stereocenters. The number of allylic oxidation sites excluding steroid dienone is 1. The highest BCUT2D eigenvalue weighted by Gasteiger charge is 2.18. The van der Waals surface area contributed by atoms with Gasteiger partial charge in [-0.3, -0.25) is 4.79 Å². The number of ether oxygens (including phenoxy) is 3. The van der Waals surface area contributed by atoms with Crippen LogP contribution >= 0.6 is 11.6 Å². The van der Waals surface area contributed by atoms with Crippen LogP contribution in [-0.2, 0) is 16.0 Å². The van der Waals surface area contributed by atoms with Crippen LogP contribution in [0.15, 0.2) is 87.6 Å². The summed E-state index contributed by atoms with van der Waals surface area (Å²) in [6.07, 6.45) is 3.68. The second kappa shape index (κ2) is 12.7. The summed E-state index contributed by atoms with van der Waals surface area (Å²) in [4.78, 5) is 30.3. The zero-order chi connectivity index (χ0) is 29.6. The van der Waals surface area contributed by atoms with Crippen molar-refractivity contribution < 1.29 is 23.4 Å². The Balaban J connectivity index is 1.61. The van der Waals surface area contributed by atoms with E-state index in [2.05, 4.69) is 11.7 Å². The second-order valence-corrected chi connectivity index (χ2v) is 9.57. The Hall–Kier alpha value is -4.89. The SMILES string of the molecule is C=CCc1cc(C=Nn2c(-c3cc4cc(Cl)ccc4o3)nc3ccccc3c2=O)cc(OCC)c1OCC(=O)OCC. The van der Waals surface area contributed by atoms with E-state index in [1.807, 2.05) is 19.1 Å². The van der Waals surface area contributed by atoms with Crippen molar-refractivity contribution >= 4 is 45.7 Å². The van der Waals surface area contributed by atoms with Crippen molar-refractivity contribution in [2.75, 3.05) is 19.8 Å². The molecular formula is C32H28ClN3O6. The molecule has 0 fully saturated rings. The molecule has 0 aliphatic rings. The topological polar surface area (TPSA) is 105 Å². The van der Waals surface area contributed by atoms with E-state index in [-0.39, 0.29) is 24.6 Å². The van der Waals surface area contributed by atoms with Crippen LogP contribution in [0.1, 0.15) is 25.0 Å². The molecular weight excluding hydrogens is 558 g/mol. The average molecular weight is 586 g/mol. The van der Waals surface area contributed by atoms with E-state index in [1.54, 1.807) is 61.5 Å². The Morgan fingerprint density at radius 2 is 1.93 bits per heavy atom. The van der Waals surface area contributed by atoms with Crippen LogP contribution in [-0.4, -0.2) is 41.7 Å². The van der Waals surface area contributed by atoms with Crippen LogP contribution in [0.2, 0.25) is 5.02 Å². The minimum Gasteiger partial charge on any atom is -0.490 e. The molecule has 5 aromatic rings. The first-order valence-electron chi connectivity index (χ1n) is 13.4. The molecule has 0 atom stereocenters. The predicted molar refractivity (Wildman–Crippen MR) is 163 cm³/mol. The Morgan fingerprint density at radius 1 is 1.10 bits per heavy atom. The molecule has 0 saturated carbocycles. The number of rotatable bonds is 11. The summed E-state index contributed by atoms with van der Waals surface area (Å²) >= 11 is 6.17. The largest absolute Gasteiger partial charge is 0.490 e. The lowest BCUT2D eigenvalue weighted by Gasteiger charge is -2.16. The van der Waals surface area contributed by atoms with Gasteiger partial charge in [0.25, 0.3) is 5.56 Å². The molecule has 0 aliphatic heterocycles. The first-order valence-corrected chi connectivity index (χ1v) is 13.7. The fraction of sp³-hybridized carbons (Fsp3) is 0.188. The number of halogens is 1. The summed E-state index contributed by atoms with van der Waals surface area (Å²) in [5, 5.41) is 6.29. The summed E-state index contributed by atoms with van der Waals surface area (Å²) in [5.41, 5.74) is 2.09. The van der Waals surface area contributed by atoms with Crippen molar-refractivity contribution in [1.82, 2.24) is 9.66 Å². The van der Waals surface area contributed by atoms with Crippen molar-refractivity contribution in [1.29, 1.82) is 0 Å². The van der Waals surface area contributed by atoms with Crippen LogP contribution in [0.5, 0.6) is 11.5 Å². The first-order chi connectivity index (χ1) is 20.4. The molecule has 0 saturated heterocycles. The van der Waals surface area contributed by atoms with E-state index in [1.165, 1.54) is 10.9 Å². The number of fused-ring (bicyclic) bond motifs is 2. The van der Waals surface area contributed by atoms with E-state index in [9.17, 15) is 9.59 Å². The van der Waals surface area contributed by atoms with Crippen LogP contribution in [0.25, 0.3) is 33.5 Å². The van der Waals surface area contributed by atoms with Crippen LogP contribution < -0.4 is 15.0 Å². The van der Waals surface area contributed by atoms with Crippen LogP contribution in [0.4, 0.5) is 0 Å². The Bertz CT molecular complexity index is 1870. The highest BCUT2D eigenvalue weighted by molar-refractivity contribution is 6.31. The Kier molecular flexibility index (Phi) is 8.68. The third kappa shape index (κ3) is 6.06. The third-order valence-electron chi connectivity index (χ3n) is 6.23.